The summed E-state index contributed by atoms with van der Waals surface area (Å²) in [6.07, 6.45) is 3.12. The van der Waals surface area contributed by atoms with Crippen molar-refractivity contribution < 1.29 is 19.7 Å². The summed E-state index contributed by atoms with van der Waals surface area (Å²) in [6, 6.07) is 6.29. The molecule has 0 aromatic heterocycles. The number of phenolic OH excluding ortho intramolecular Hbond substituents is 1. The smallest absolute Gasteiger partial charge is 0.311 e. The molecule has 146 valence electrons. The van der Waals surface area contributed by atoms with Crippen molar-refractivity contribution in [2.45, 2.75) is 49.8 Å². The normalized spacial score (nSPS) is 40.1. The molecule has 27 heavy (non-hydrogen) atoms. The van der Waals surface area contributed by atoms with Gasteiger partial charge < -0.3 is 20.3 Å². The molecule has 4 aliphatic rings. The van der Waals surface area contributed by atoms with Crippen molar-refractivity contribution in [2.75, 3.05) is 25.5 Å². The SMILES string of the molecule is COC(=O)[C@@H]1[C@H]2C[C@H]3C4Nc5cc(O)ccc5C4CCN3C[C@@H]2CC[C@@H]1O. The predicted octanol–water partition coefficient (Wildman–Crippen LogP) is 1.92. The first-order valence-electron chi connectivity index (χ1n) is 10.2. The van der Waals surface area contributed by atoms with E-state index in [0.29, 0.717) is 36.1 Å². The van der Waals surface area contributed by atoms with Gasteiger partial charge in [0.15, 0.2) is 0 Å². The van der Waals surface area contributed by atoms with Crippen LogP contribution in [0.25, 0.3) is 0 Å². The second kappa shape index (κ2) is 6.38. The van der Waals surface area contributed by atoms with Crippen molar-refractivity contribution in [1.82, 2.24) is 4.90 Å². The maximum absolute atomic E-state index is 12.4. The average Bonchev–Trinajstić information content (AvgIpc) is 3.04. The lowest BCUT2D eigenvalue weighted by Crippen LogP contribution is -2.61. The van der Waals surface area contributed by atoms with Crippen molar-refractivity contribution in [3.05, 3.63) is 23.8 Å². The van der Waals surface area contributed by atoms with Crippen molar-refractivity contribution in [2.24, 2.45) is 17.8 Å². The highest BCUT2D eigenvalue weighted by molar-refractivity contribution is 5.73. The number of piperidine rings is 2. The molecule has 1 aromatic carbocycles. The molecule has 3 N–H and O–H groups in total. The summed E-state index contributed by atoms with van der Waals surface area (Å²) in [4.78, 5) is 15.0. The monoisotopic (exact) mass is 372 g/mol. The van der Waals surface area contributed by atoms with E-state index in [4.69, 9.17) is 4.74 Å². The van der Waals surface area contributed by atoms with Gasteiger partial charge in [-0.05, 0) is 55.7 Å². The summed E-state index contributed by atoms with van der Waals surface area (Å²) < 4.78 is 5.04. The van der Waals surface area contributed by atoms with Gasteiger partial charge in [-0.15, -0.1) is 0 Å². The van der Waals surface area contributed by atoms with Gasteiger partial charge in [0.1, 0.15) is 5.75 Å². The van der Waals surface area contributed by atoms with E-state index in [0.717, 1.165) is 38.0 Å². The third kappa shape index (κ3) is 2.64. The molecule has 1 aliphatic carbocycles. The third-order valence-electron chi connectivity index (χ3n) is 7.57. The molecule has 3 fully saturated rings. The molecule has 5 rings (SSSR count). The van der Waals surface area contributed by atoms with Gasteiger partial charge in [0.05, 0.1) is 19.1 Å². The molecule has 0 spiro atoms. The molecular formula is C21H28N2O4. The van der Waals surface area contributed by atoms with Crippen molar-refractivity contribution in [1.29, 1.82) is 0 Å². The zero-order valence-corrected chi connectivity index (χ0v) is 15.7. The van der Waals surface area contributed by atoms with Crippen molar-refractivity contribution in [3.8, 4) is 5.75 Å². The first-order chi connectivity index (χ1) is 13.1. The number of esters is 1. The average molecular weight is 372 g/mol. The number of nitrogens with zero attached hydrogens (tertiary/aromatic N) is 1. The molecule has 7 atom stereocenters. The highest BCUT2D eigenvalue weighted by Gasteiger charge is 2.52. The number of hydrogen-bond acceptors (Lipinski definition) is 6. The van der Waals surface area contributed by atoms with Crippen molar-refractivity contribution >= 4 is 11.7 Å². The molecular weight excluding hydrogens is 344 g/mol. The molecule has 3 aliphatic heterocycles. The number of benzene rings is 1. The lowest BCUT2D eigenvalue weighted by Gasteiger charge is -2.54. The minimum atomic E-state index is -0.588. The fourth-order valence-electron chi connectivity index (χ4n) is 6.36. The fourth-order valence-corrected chi connectivity index (χ4v) is 6.36. The van der Waals surface area contributed by atoms with Crippen LogP contribution < -0.4 is 5.32 Å². The molecule has 2 unspecified atom stereocenters. The lowest BCUT2D eigenvalue weighted by atomic mass is 9.63. The summed E-state index contributed by atoms with van der Waals surface area (Å²) in [5, 5.41) is 24.0. The van der Waals surface area contributed by atoms with E-state index in [1.54, 1.807) is 6.07 Å². The minimum Gasteiger partial charge on any atom is -0.508 e. The number of aromatic hydroxyl groups is 1. The Bertz CT molecular complexity index is 754. The highest BCUT2D eigenvalue weighted by atomic mass is 16.5. The van der Waals surface area contributed by atoms with Crippen LogP contribution in [0.4, 0.5) is 5.69 Å². The van der Waals surface area contributed by atoms with Gasteiger partial charge in [-0.25, -0.2) is 0 Å². The molecule has 0 radical (unpaired) electrons. The maximum atomic E-state index is 12.4. The van der Waals surface area contributed by atoms with E-state index in [2.05, 4.69) is 10.2 Å². The van der Waals surface area contributed by atoms with Gasteiger partial charge >= 0.3 is 5.97 Å². The first kappa shape index (κ1) is 17.3. The van der Waals surface area contributed by atoms with Crippen LogP contribution in [0.3, 0.4) is 0 Å². The van der Waals surface area contributed by atoms with Crippen LogP contribution in [0.1, 0.15) is 37.2 Å². The number of fused-ring (bicyclic) bond motifs is 6. The first-order valence-corrected chi connectivity index (χ1v) is 10.2. The Hall–Kier alpha value is -1.79. The summed E-state index contributed by atoms with van der Waals surface area (Å²) in [5.41, 5.74) is 2.34. The summed E-state index contributed by atoms with van der Waals surface area (Å²) in [5.74, 6) is 0.720. The van der Waals surface area contributed by atoms with E-state index in [1.807, 2.05) is 12.1 Å². The van der Waals surface area contributed by atoms with Crippen LogP contribution >= 0.6 is 0 Å². The summed E-state index contributed by atoms with van der Waals surface area (Å²) in [7, 11) is 1.42. The number of methoxy groups -OCH3 is 1. The van der Waals surface area contributed by atoms with E-state index >= 15 is 0 Å². The zero-order chi connectivity index (χ0) is 18.7. The number of phenols is 1. The third-order valence-corrected chi connectivity index (χ3v) is 7.57. The minimum absolute atomic E-state index is 0.181. The van der Waals surface area contributed by atoms with E-state index in [9.17, 15) is 15.0 Å². The highest BCUT2D eigenvalue weighted by Crippen LogP contribution is 2.50. The van der Waals surface area contributed by atoms with Crippen LogP contribution in [-0.2, 0) is 9.53 Å². The fraction of sp³-hybridized carbons (Fsp3) is 0.667. The number of ether oxygens (including phenoxy) is 1. The molecule has 0 amide bonds. The van der Waals surface area contributed by atoms with Crippen LogP contribution in [0.15, 0.2) is 18.2 Å². The number of nitrogens with one attached hydrogen (secondary N) is 1. The van der Waals surface area contributed by atoms with Gasteiger partial charge in [-0.1, -0.05) is 6.07 Å². The van der Waals surface area contributed by atoms with Crippen LogP contribution in [0.5, 0.6) is 5.75 Å². The Morgan fingerprint density at radius 3 is 2.96 bits per heavy atom. The molecule has 1 aromatic rings. The quantitative estimate of drug-likeness (QED) is 0.654. The second-order valence-corrected chi connectivity index (χ2v) is 8.75. The van der Waals surface area contributed by atoms with E-state index in [1.165, 1.54) is 12.7 Å². The topological polar surface area (TPSA) is 82.0 Å². The molecule has 6 heteroatoms. The van der Waals surface area contributed by atoms with Gasteiger partial charge in [-0.3, -0.25) is 9.69 Å². The standard InChI is InChI=1S/C21H28N2O4/c1-27-21(26)19-15-9-17-20-14(13-4-3-12(24)8-16(13)22-20)6-7-23(17)10-11(15)2-5-18(19)25/h3-4,8,11,14-15,17-20,22,24-25H,2,5-7,9-10H2,1H3/t11-,14?,15-,17-,18-,19+,20?/m0/s1. The van der Waals surface area contributed by atoms with Gasteiger partial charge in [0, 0.05) is 36.3 Å². The predicted molar refractivity (Wildman–Crippen MR) is 101 cm³/mol. The summed E-state index contributed by atoms with van der Waals surface area (Å²) in [6.45, 7) is 2.07. The molecule has 1 saturated carbocycles. The molecule has 6 nitrogen and oxygen atoms in total. The number of carbonyl (C=O) groups is 1. The Balaban J connectivity index is 1.43. The Morgan fingerprint density at radius 1 is 1.30 bits per heavy atom. The number of aliphatic hydroxyl groups excluding tert-OH is 1. The summed E-state index contributed by atoms with van der Waals surface area (Å²) >= 11 is 0. The number of carbonyl (C=O) groups excluding carboxylic acids is 1. The molecule has 2 saturated heterocycles. The second-order valence-electron chi connectivity index (χ2n) is 8.75. The lowest BCUT2D eigenvalue weighted by molar-refractivity contribution is -0.160. The van der Waals surface area contributed by atoms with Crippen LogP contribution in [-0.4, -0.2) is 59.5 Å². The van der Waals surface area contributed by atoms with Gasteiger partial charge in [0.2, 0.25) is 0 Å². The van der Waals surface area contributed by atoms with Gasteiger partial charge in [0.25, 0.3) is 0 Å². The molecule has 3 heterocycles. The molecule has 0 bridgehead atoms. The van der Waals surface area contributed by atoms with Crippen molar-refractivity contribution in [3.63, 3.8) is 0 Å². The maximum Gasteiger partial charge on any atom is 0.311 e. The Morgan fingerprint density at radius 2 is 2.15 bits per heavy atom. The van der Waals surface area contributed by atoms with Gasteiger partial charge in [-0.2, -0.15) is 0 Å². The number of anilines is 1. The number of rotatable bonds is 1. The zero-order valence-electron chi connectivity index (χ0n) is 15.7. The Labute approximate surface area is 159 Å². The number of aliphatic hydroxyl groups is 1. The number of hydrogen-bond donors (Lipinski definition) is 3. The van der Waals surface area contributed by atoms with Crippen LogP contribution in [0, 0.1) is 17.8 Å². The largest absolute Gasteiger partial charge is 0.508 e. The van der Waals surface area contributed by atoms with E-state index in [-0.39, 0.29) is 11.9 Å². The Kier molecular flexibility index (Phi) is 4.09. The van der Waals surface area contributed by atoms with Crippen LogP contribution in [0.2, 0.25) is 0 Å². The van der Waals surface area contributed by atoms with E-state index < -0.39 is 12.0 Å².